The highest BCUT2D eigenvalue weighted by molar-refractivity contribution is 7.16. The number of aromatic nitrogens is 1. The van der Waals surface area contributed by atoms with Gasteiger partial charge in [0.2, 0.25) is 0 Å². The van der Waals surface area contributed by atoms with Gasteiger partial charge in [-0.2, -0.15) is 4.99 Å². The van der Waals surface area contributed by atoms with Crippen molar-refractivity contribution < 1.29 is 9.53 Å². The third kappa shape index (κ3) is 3.12. The number of hydrogen-bond acceptors (Lipinski definition) is 3. The molecule has 1 aromatic heterocycles. The molecule has 1 amide bonds. The Morgan fingerprint density at radius 3 is 2.74 bits per heavy atom. The molecule has 1 heterocycles. The highest BCUT2D eigenvalue weighted by Gasteiger charge is 2.12. The van der Waals surface area contributed by atoms with E-state index in [-0.39, 0.29) is 5.91 Å². The van der Waals surface area contributed by atoms with Gasteiger partial charge in [0, 0.05) is 5.56 Å². The number of methoxy groups -OCH3 is 1. The Bertz CT molecular complexity index is 1270. The van der Waals surface area contributed by atoms with E-state index >= 15 is 0 Å². The molecule has 0 radical (unpaired) electrons. The Balaban J connectivity index is 1.87. The van der Waals surface area contributed by atoms with Crippen molar-refractivity contribution in [2.45, 2.75) is 6.54 Å². The Hall–Kier alpha value is -3.36. The van der Waals surface area contributed by atoms with Crippen LogP contribution < -0.4 is 9.54 Å². The number of para-hydroxylation sites is 1. The second-order valence-corrected chi connectivity index (χ2v) is 6.97. The second kappa shape index (κ2) is 7.10. The van der Waals surface area contributed by atoms with Gasteiger partial charge in [0.1, 0.15) is 11.3 Å². The monoisotopic (exact) mass is 372 g/mol. The number of ether oxygens (including phenoxy) is 1. The van der Waals surface area contributed by atoms with E-state index in [2.05, 4.69) is 10.9 Å². The number of amides is 1. The van der Waals surface area contributed by atoms with Gasteiger partial charge in [-0.05, 0) is 35.0 Å². The molecular weight excluding hydrogens is 356 g/mol. The molecule has 0 bridgehead atoms. The van der Waals surface area contributed by atoms with Crippen LogP contribution in [0.5, 0.6) is 5.75 Å². The molecule has 0 aliphatic carbocycles. The third-order valence-electron chi connectivity index (χ3n) is 4.33. The summed E-state index contributed by atoms with van der Waals surface area (Å²) in [5.74, 6) is 3.05. The summed E-state index contributed by atoms with van der Waals surface area (Å²) >= 11 is 1.42. The molecule has 132 valence electrons. The minimum absolute atomic E-state index is 0.294. The second-order valence-electron chi connectivity index (χ2n) is 5.96. The molecule has 4 rings (SSSR count). The first kappa shape index (κ1) is 17.1. The van der Waals surface area contributed by atoms with Crippen molar-refractivity contribution in [3.8, 4) is 18.1 Å². The zero-order valence-corrected chi connectivity index (χ0v) is 15.5. The van der Waals surface area contributed by atoms with Crippen LogP contribution in [0.4, 0.5) is 0 Å². The van der Waals surface area contributed by atoms with Gasteiger partial charge < -0.3 is 9.30 Å². The lowest BCUT2D eigenvalue weighted by molar-refractivity contribution is 0.0998. The molecule has 0 fully saturated rings. The van der Waals surface area contributed by atoms with E-state index in [1.54, 1.807) is 13.2 Å². The van der Waals surface area contributed by atoms with Gasteiger partial charge >= 0.3 is 0 Å². The van der Waals surface area contributed by atoms with Crippen molar-refractivity contribution in [3.05, 3.63) is 71.0 Å². The van der Waals surface area contributed by atoms with Crippen molar-refractivity contribution in [1.29, 1.82) is 0 Å². The lowest BCUT2D eigenvalue weighted by Gasteiger charge is -2.05. The van der Waals surface area contributed by atoms with Gasteiger partial charge in [0.15, 0.2) is 4.80 Å². The quantitative estimate of drug-likeness (QED) is 0.505. The summed E-state index contributed by atoms with van der Waals surface area (Å²) in [4.78, 5) is 17.7. The average molecular weight is 372 g/mol. The molecule has 5 heteroatoms. The van der Waals surface area contributed by atoms with Gasteiger partial charge in [0.25, 0.3) is 5.91 Å². The fourth-order valence-electron chi connectivity index (χ4n) is 3.06. The first-order valence-corrected chi connectivity index (χ1v) is 9.20. The molecule has 0 atom stereocenters. The van der Waals surface area contributed by atoms with E-state index < -0.39 is 0 Å². The number of carbonyl (C=O) groups is 1. The molecule has 4 aromatic rings. The Morgan fingerprint density at radius 2 is 1.96 bits per heavy atom. The molecule has 3 aromatic carbocycles. The van der Waals surface area contributed by atoms with Crippen LogP contribution in [0.3, 0.4) is 0 Å². The number of terminal acetylenes is 1. The summed E-state index contributed by atoms with van der Waals surface area (Å²) in [5.41, 5.74) is 1.40. The molecule has 0 N–H and O–H groups in total. The van der Waals surface area contributed by atoms with E-state index in [1.165, 1.54) is 11.3 Å². The summed E-state index contributed by atoms with van der Waals surface area (Å²) in [5, 5.41) is 2.09. The van der Waals surface area contributed by atoms with Crippen LogP contribution in [0.15, 0.2) is 65.7 Å². The number of fused-ring (bicyclic) bond motifs is 2. The minimum atomic E-state index is -0.294. The molecule has 0 aliphatic rings. The Kier molecular flexibility index (Phi) is 4.49. The number of nitrogens with zero attached hydrogens (tertiary/aromatic N) is 2. The maximum absolute atomic E-state index is 12.8. The maximum Gasteiger partial charge on any atom is 0.279 e. The standard InChI is InChI=1S/C22H16N2O2S/c1-3-13-24-20-18(26-2)9-6-10-19(20)27-22(24)23-21(25)17-12-11-15-7-4-5-8-16(15)14-17/h1,4-12,14H,13H2,2H3. The van der Waals surface area contributed by atoms with Gasteiger partial charge in [-0.25, -0.2) is 0 Å². The SMILES string of the molecule is C#CCn1c(=NC(=O)c2ccc3ccccc3c2)sc2cccc(OC)c21. The summed E-state index contributed by atoms with van der Waals surface area (Å²) < 4.78 is 8.27. The van der Waals surface area contributed by atoms with Crippen molar-refractivity contribution in [3.63, 3.8) is 0 Å². The number of thiazole rings is 1. The van der Waals surface area contributed by atoms with Crippen LogP contribution in [-0.2, 0) is 6.54 Å². The molecule has 0 aliphatic heterocycles. The number of rotatable bonds is 3. The summed E-state index contributed by atoms with van der Waals surface area (Å²) in [7, 11) is 1.61. The van der Waals surface area contributed by atoms with Gasteiger partial charge in [-0.1, -0.05) is 53.7 Å². The smallest absolute Gasteiger partial charge is 0.279 e. The van der Waals surface area contributed by atoms with Crippen LogP contribution in [0.2, 0.25) is 0 Å². The van der Waals surface area contributed by atoms with E-state index in [0.29, 0.717) is 22.7 Å². The van der Waals surface area contributed by atoms with E-state index in [1.807, 2.05) is 59.2 Å². The van der Waals surface area contributed by atoms with Crippen LogP contribution in [0, 0.1) is 12.3 Å². The predicted octanol–water partition coefficient (Wildman–Crippen LogP) is 4.24. The van der Waals surface area contributed by atoms with Crippen molar-refractivity contribution in [2.75, 3.05) is 7.11 Å². The highest BCUT2D eigenvalue weighted by atomic mass is 32.1. The van der Waals surface area contributed by atoms with Crippen LogP contribution in [0.25, 0.3) is 21.0 Å². The van der Waals surface area contributed by atoms with Crippen molar-refractivity contribution >= 4 is 38.2 Å². The summed E-state index contributed by atoms with van der Waals surface area (Å²) in [6.07, 6.45) is 5.54. The lowest BCUT2D eigenvalue weighted by atomic mass is 10.1. The average Bonchev–Trinajstić information content (AvgIpc) is 3.05. The van der Waals surface area contributed by atoms with Crippen LogP contribution >= 0.6 is 11.3 Å². The highest BCUT2D eigenvalue weighted by Crippen LogP contribution is 2.27. The van der Waals surface area contributed by atoms with E-state index in [0.717, 1.165) is 21.0 Å². The molecule has 4 nitrogen and oxygen atoms in total. The zero-order valence-electron chi connectivity index (χ0n) is 14.7. The van der Waals surface area contributed by atoms with Crippen LogP contribution in [-0.4, -0.2) is 17.6 Å². The number of benzene rings is 3. The van der Waals surface area contributed by atoms with Crippen molar-refractivity contribution in [2.24, 2.45) is 4.99 Å². The van der Waals surface area contributed by atoms with E-state index in [9.17, 15) is 4.79 Å². The predicted molar refractivity (Wildman–Crippen MR) is 109 cm³/mol. The Morgan fingerprint density at radius 1 is 1.15 bits per heavy atom. The lowest BCUT2D eigenvalue weighted by Crippen LogP contribution is -2.16. The maximum atomic E-state index is 12.8. The van der Waals surface area contributed by atoms with Gasteiger partial charge in [0.05, 0.1) is 18.4 Å². The first-order valence-electron chi connectivity index (χ1n) is 8.39. The molecule has 0 saturated heterocycles. The van der Waals surface area contributed by atoms with Crippen LogP contribution in [0.1, 0.15) is 10.4 Å². The fraction of sp³-hybridized carbons (Fsp3) is 0.0909. The van der Waals surface area contributed by atoms with Gasteiger partial charge in [-0.15, -0.1) is 6.42 Å². The van der Waals surface area contributed by atoms with Gasteiger partial charge in [-0.3, -0.25) is 4.79 Å². The topological polar surface area (TPSA) is 43.6 Å². The normalized spacial score (nSPS) is 11.6. The van der Waals surface area contributed by atoms with Crippen molar-refractivity contribution in [1.82, 2.24) is 4.57 Å². The first-order chi connectivity index (χ1) is 13.2. The molecular formula is C22H16N2O2S. The minimum Gasteiger partial charge on any atom is -0.495 e. The largest absolute Gasteiger partial charge is 0.495 e. The molecule has 0 spiro atoms. The molecule has 0 saturated carbocycles. The number of carbonyl (C=O) groups excluding carboxylic acids is 1. The summed E-state index contributed by atoms with van der Waals surface area (Å²) in [6, 6.07) is 19.3. The number of hydrogen-bond donors (Lipinski definition) is 0. The molecule has 0 unspecified atom stereocenters. The van der Waals surface area contributed by atoms with E-state index in [4.69, 9.17) is 11.2 Å². The Labute approximate surface area is 160 Å². The third-order valence-corrected chi connectivity index (χ3v) is 5.37. The fourth-order valence-corrected chi connectivity index (χ4v) is 4.10. The molecule has 27 heavy (non-hydrogen) atoms. The zero-order chi connectivity index (χ0) is 18.8. The summed E-state index contributed by atoms with van der Waals surface area (Å²) in [6.45, 7) is 0.310.